The monoisotopic (exact) mass is 291 g/mol. The molecule has 106 valence electrons. The van der Waals surface area contributed by atoms with Gasteiger partial charge in [0.1, 0.15) is 5.01 Å². The maximum Gasteiger partial charge on any atom is 0.290 e. The third-order valence-corrected chi connectivity index (χ3v) is 4.85. The second kappa shape index (κ2) is 5.01. The third kappa shape index (κ3) is 2.35. The van der Waals surface area contributed by atoms with Crippen molar-refractivity contribution < 1.29 is 9.32 Å². The summed E-state index contributed by atoms with van der Waals surface area (Å²) >= 11 is 1.62. The average Bonchev–Trinajstić information content (AvgIpc) is 3.10. The van der Waals surface area contributed by atoms with Gasteiger partial charge in [-0.3, -0.25) is 4.79 Å². The van der Waals surface area contributed by atoms with Gasteiger partial charge < -0.3 is 9.84 Å². The van der Waals surface area contributed by atoms with Crippen molar-refractivity contribution in [2.24, 2.45) is 0 Å². The van der Waals surface area contributed by atoms with E-state index in [1.807, 2.05) is 12.3 Å². The molecule has 0 radical (unpaired) electrons. The summed E-state index contributed by atoms with van der Waals surface area (Å²) in [6, 6.07) is 1.66. The van der Waals surface area contributed by atoms with E-state index in [0.29, 0.717) is 5.69 Å². The lowest BCUT2D eigenvalue weighted by Crippen LogP contribution is -2.43. The van der Waals surface area contributed by atoms with Crippen molar-refractivity contribution in [3.63, 3.8) is 0 Å². The molecule has 0 unspecified atom stereocenters. The molecular weight excluding hydrogens is 274 g/mol. The van der Waals surface area contributed by atoms with Crippen LogP contribution in [-0.4, -0.2) is 16.0 Å². The van der Waals surface area contributed by atoms with Crippen LogP contribution in [0.5, 0.6) is 0 Å². The van der Waals surface area contributed by atoms with Crippen LogP contribution >= 0.6 is 11.3 Å². The first kappa shape index (κ1) is 13.3. The Morgan fingerprint density at radius 3 is 2.65 bits per heavy atom. The minimum absolute atomic E-state index is 0.208. The van der Waals surface area contributed by atoms with Crippen LogP contribution in [0.3, 0.4) is 0 Å². The number of aryl methyl sites for hydroxylation is 2. The zero-order valence-electron chi connectivity index (χ0n) is 11.6. The highest BCUT2D eigenvalue weighted by Gasteiger charge is 2.40. The second-order valence-corrected chi connectivity index (χ2v) is 6.23. The van der Waals surface area contributed by atoms with Crippen molar-refractivity contribution in [2.75, 3.05) is 0 Å². The molecule has 3 rings (SSSR count). The number of nitrogens with zero attached hydrogens (tertiary/aromatic N) is 2. The fourth-order valence-electron chi connectivity index (χ4n) is 2.69. The fourth-order valence-corrected chi connectivity index (χ4v) is 3.71. The molecule has 1 fully saturated rings. The van der Waals surface area contributed by atoms with E-state index in [-0.39, 0.29) is 17.2 Å². The summed E-state index contributed by atoms with van der Waals surface area (Å²) in [6.45, 7) is 3.78. The highest BCUT2D eigenvalue weighted by Crippen LogP contribution is 2.40. The van der Waals surface area contributed by atoms with E-state index in [0.717, 1.165) is 36.4 Å². The van der Waals surface area contributed by atoms with Crippen LogP contribution in [0.4, 0.5) is 0 Å². The lowest BCUT2D eigenvalue weighted by Gasteiger charge is -2.27. The van der Waals surface area contributed by atoms with Crippen LogP contribution in [0.25, 0.3) is 0 Å². The first-order chi connectivity index (χ1) is 9.59. The number of carbonyl (C=O) groups excluding carboxylic acids is 1. The Morgan fingerprint density at radius 1 is 1.35 bits per heavy atom. The molecule has 1 saturated carbocycles. The number of nitrogens with one attached hydrogen (secondary N) is 1. The van der Waals surface area contributed by atoms with Gasteiger partial charge in [-0.15, -0.1) is 11.3 Å². The molecule has 1 aliphatic carbocycles. The minimum Gasteiger partial charge on any atom is -0.351 e. The molecule has 20 heavy (non-hydrogen) atoms. The summed E-state index contributed by atoms with van der Waals surface area (Å²) in [4.78, 5) is 16.9. The molecule has 0 atom stereocenters. The Kier molecular flexibility index (Phi) is 3.33. The molecule has 2 aromatic rings. The summed E-state index contributed by atoms with van der Waals surface area (Å²) < 4.78 is 5.04. The van der Waals surface area contributed by atoms with E-state index in [1.54, 1.807) is 24.3 Å². The maximum atomic E-state index is 12.3. The third-order valence-electron chi connectivity index (χ3n) is 3.69. The van der Waals surface area contributed by atoms with E-state index in [2.05, 4.69) is 15.5 Å². The second-order valence-electron chi connectivity index (χ2n) is 5.37. The topological polar surface area (TPSA) is 68.0 Å². The zero-order chi connectivity index (χ0) is 14.2. The van der Waals surface area contributed by atoms with E-state index in [9.17, 15) is 4.79 Å². The Hall–Kier alpha value is -1.69. The number of aromatic nitrogens is 2. The Balaban J connectivity index is 1.86. The van der Waals surface area contributed by atoms with Gasteiger partial charge in [0.2, 0.25) is 5.76 Å². The van der Waals surface area contributed by atoms with Crippen LogP contribution in [0, 0.1) is 13.8 Å². The predicted octanol–water partition coefficient (Wildman–Crippen LogP) is 2.95. The highest BCUT2D eigenvalue weighted by atomic mass is 32.1. The molecule has 2 aromatic heterocycles. The van der Waals surface area contributed by atoms with Crippen molar-refractivity contribution in [2.45, 2.75) is 45.1 Å². The van der Waals surface area contributed by atoms with Crippen LogP contribution < -0.4 is 5.32 Å². The molecule has 2 heterocycles. The van der Waals surface area contributed by atoms with Crippen molar-refractivity contribution >= 4 is 17.2 Å². The molecular formula is C14H17N3O2S. The summed E-state index contributed by atoms with van der Waals surface area (Å²) in [5.41, 5.74) is 1.37. The molecule has 1 amide bonds. The quantitative estimate of drug-likeness (QED) is 0.944. The first-order valence-corrected chi connectivity index (χ1v) is 7.65. The largest absolute Gasteiger partial charge is 0.351 e. The van der Waals surface area contributed by atoms with Crippen LogP contribution in [0.15, 0.2) is 16.0 Å². The van der Waals surface area contributed by atoms with Gasteiger partial charge in [-0.2, -0.15) is 0 Å². The van der Waals surface area contributed by atoms with E-state index in [4.69, 9.17) is 4.52 Å². The van der Waals surface area contributed by atoms with Crippen LogP contribution in [-0.2, 0) is 5.54 Å². The Morgan fingerprint density at radius 2 is 2.10 bits per heavy atom. The number of thiazole rings is 1. The van der Waals surface area contributed by atoms with Crippen LogP contribution in [0.2, 0.25) is 0 Å². The van der Waals surface area contributed by atoms with E-state index >= 15 is 0 Å². The number of hydrogen-bond donors (Lipinski definition) is 1. The van der Waals surface area contributed by atoms with Crippen molar-refractivity contribution in [3.8, 4) is 0 Å². The smallest absolute Gasteiger partial charge is 0.290 e. The first-order valence-electron chi connectivity index (χ1n) is 6.77. The summed E-state index contributed by atoms with van der Waals surface area (Å²) in [5, 5.41) is 9.92. The van der Waals surface area contributed by atoms with Gasteiger partial charge in [-0.1, -0.05) is 18.0 Å². The van der Waals surface area contributed by atoms with Crippen LogP contribution in [0.1, 0.15) is 52.6 Å². The molecule has 0 aromatic carbocycles. The number of rotatable bonds is 3. The summed E-state index contributed by atoms with van der Waals surface area (Å²) in [5.74, 6) is 0.0578. The molecule has 6 heteroatoms. The molecule has 0 spiro atoms. The van der Waals surface area contributed by atoms with E-state index < -0.39 is 0 Å². The molecule has 0 saturated heterocycles. The molecule has 1 aliphatic rings. The lowest BCUT2D eigenvalue weighted by molar-refractivity contribution is 0.0860. The summed E-state index contributed by atoms with van der Waals surface area (Å²) in [6.07, 6.45) is 4.07. The number of hydrogen-bond acceptors (Lipinski definition) is 5. The molecule has 5 nitrogen and oxygen atoms in total. The van der Waals surface area contributed by atoms with Gasteiger partial charge in [0.05, 0.1) is 11.2 Å². The SMILES string of the molecule is Cc1cc(C(=O)NC2(c3nc(C)cs3)CCCC2)on1. The minimum atomic E-state index is -0.337. The van der Waals surface area contributed by atoms with E-state index in [1.165, 1.54) is 0 Å². The van der Waals surface area contributed by atoms with Gasteiger partial charge >= 0.3 is 0 Å². The predicted molar refractivity (Wildman–Crippen MR) is 75.7 cm³/mol. The maximum absolute atomic E-state index is 12.3. The van der Waals surface area contributed by atoms with Gasteiger partial charge in [0.25, 0.3) is 5.91 Å². The lowest BCUT2D eigenvalue weighted by atomic mass is 9.98. The van der Waals surface area contributed by atoms with Gasteiger partial charge in [0, 0.05) is 17.1 Å². The standard InChI is InChI=1S/C14H17N3O2S/c1-9-7-11(19-17-9)12(18)16-14(5-3-4-6-14)13-15-10(2)8-20-13/h7-8H,3-6H2,1-2H3,(H,16,18). The molecule has 0 bridgehead atoms. The number of amides is 1. The molecule has 1 N–H and O–H groups in total. The van der Waals surface area contributed by atoms with Gasteiger partial charge in [0.15, 0.2) is 0 Å². The Labute approximate surface area is 121 Å². The van der Waals surface area contributed by atoms with Gasteiger partial charge in [-0.25, -0.2) is 4.98 Å². The van der Waals surface area contributed by atoms with Crippen molar-refractivity contribution in [3.05, 3.63) is 33.6 Å². The van der Waals surface area contributed by atoms with Gasteiger partial charge in [-0.05, 0) is 26.7 Å². The Bertz CT molecular complexity index is 626. The zero-order valence-corrected chi connectivity index (χ0v) is 12.4. The summed E-state index contributed by atoms with van der Waals surface area (Å²) in [7, 11) is 0. The molecule has 0 aliphatic heterocycles. The average molecular weight is 291 g/mol. The normalized spacial score (nSPS) is 17.3. The number of carbonyl (C=O) groups is 1. The fraction of sp³-hybridized carbons (Fsp3) is 0.500. The van der Waals surface area contributed by atoms with Crippen molar-refractivity contribution in [1.29, 1.82) is 0 Å². The van der Waals surface area contributed by atoms with Crippen molar-refractivity contribution in [1.82, 2.24) is 15.5 Å². The highest BCUT2D eigenvalue weighted by molar-refractivity contribution is 7.09.